The minimum Gasteiger partial charge on any atom is -0.321 e. The largest absolute Gasteiger partial charge is 0.321 e. The van der Waals surface area contributed by atoms with Crippen LogP contribution in [0.3, 0.4) is 0 Å². The van der Waals surface area contributed by atoms with Gasteiger partial charge in [-0.25, -0.2) is 9.67 Å². The lowest BCUT2D eigenvalue weighted by Crippen LogP contribution is -2.28. The molecule has 0 radical (unpaired) electrons. The van der Waals surface area contributed by atoms with Crippen LogP contribution < -0.4 is 10.9 Å². The highest BCUT2D eigenvalue weighted by molar-refractivity contribution is 7.19. The molecular formula is C26H23N5O2S. The molecule has 170 valence electrons. The molecule has 3 heterocycles. The number of fused-ring (bicyclic) bond motifs is 1. The van der Waals surface area contributed by atoms with E-state index in [1.165, 1.54) is 22.2 Å². The van der Waals surface area contributed by atoms with Gasteiger partial charge in [0, 0.05) is 10.4 Å². The van der Waals surface area contributed by atoms with E-state index in [0.717, 1.165) is 27.4 Å². The van der Waals surface area contributed by atoms with Crippen LogP contribution in [-0.4, -0.2) is 25.2 Å². The fraction of sp³-hybridized carbons (Fsp3) is 0.154. The third-order valence-electron chi connectivity index (χ3n) is 5.79. The highest BCUT2D eigenvalue weighted by atomic mass is 32.1. The van der Waals surface area contributed by atoms with Gasteiger partial charge in [-0.05, 0) is 38.5 Å². The number of hydrogen-bond acceptors (Lipinski definition) is 5. The third-order valence-corrected chi connectivity index (χ3v) is 6.80. The van der Waals surface area contributed by atoms with Crippen molar-refractivity contribution in [2.75, 3.05) is 5.32 Å². The second kappa shape index (κ2) is 8.72. The van der Waals surface area contributed by atoms with Crippen molar-refractivity contribution in [3.63, 3.8) is 0 Å². The fourth-order valence-corrected chi connectivity index (χ4v) is 5.18. The van der Waals surface area contributed by atoms with E-state index in [1.54, 1.807) is 4.68 Å². The second-order valence-electron chi connectivity index (χ2n) is 8.10. The first-order valence-electron chi connectivity index (χ1n) is 10.9. The molecular weight excluding hydrogens is 446 g/mol. The molecule has 0 saturated carbocycles. The summed E-state index contributed by atoms with van der Waals surface area (Å²) in [6, 6.07) is 19.5. The summed E-state index contributed by atoms with van der Waals surface area (Å²) < 4.78 is 3.16. The van der Waals surface area contributed by atoms with Gasteiger partial charge in [-0.3, -0.25) is 14.2 Å². The number of para-hydroxylation sites is 1. The van der Waals surface area contributed by atoms with Gasteiger partial charge in [-0.15, -0.1) is 11.3 Å². The van der Waals surface area contributed by atoms with Gasteiger partial charge in [0.05, 0.1) is 34.5 Å². The minimum absolute atomic E-state index is 0.139. The van der Waals surface area contributed by atoms with Gasteiger partial charge in [0.25, 0.3) is 5.56 Å². The third kappa shape index (κ3) is 3.82. The Morgan fingerprint density at radius 1 is 1.00 bits per heavy atom. The van der Waals surface area contributed by atoms with E-state index < -0.39 is 0 Å². The molecule has 0 aliphatic carbocycles. The summed E-state index contributed by atoms with van der Waals surface area (Å²) in [4.78, 5) is 32.5. The van der Waals surface area contributed by atoms with Crippen LogP contribution in [-0.2, 0) is 11.3 Å². The summed E-state index contributed by atoms with van der Waals surface area (Å²) in [5, 5.41) is 8.06. The summed E-state index contributed by atoms with van der Waals surface area (Å²) in [6.45, 7) is 5.60. The number of anilines is 1. The number of nitrogens with one attached hydrogen (secondary N) is 1. The highest BCUT2D eigenvalue weighted by Gasteiger charge is 2.19. The summed E-state index contributed by atoms with van der Waals surface area (Å²) in [7, 11) is 0. The Kier molecular flexibility index (Phi) is 5.59. The van der Waals surface area contributed by atoms with Crippen molar-refractivity contribution >= 4 is 33.1 Å². The van der Waals surface area contributed by atoms with Crippen LogP contribution in [0.5, 0.6) is 0 Å². The number of carbonyl (C=O) groups is 1. The Hall–Kier alpha value is -4.04. The zero-order chi connectivity index (χ0) is 23.8. The van der Waals surface area contributed by atoms with Crippen LogP contribution in [0.25, 0.3) is 27.0 Å². The van der Waals surface area contributed by atoms with Crippen LogP contribution in [0, 0.1) is 20.8 Å². The lowest BCUT2D eigenvalue weighted by Gasteiger charge is -2.09. The van der Waals surface area contributed by atoms with E-state index in [-0.39, 0.29) is 18.0 Å². The molecule has 1 amide bonds. The Labute approximate surface area is 200 Å². The molecule has 34 heavy (non-hydrogen) atoms. The molecule has 2 aromatic carbocycles. The number of carbonyl (C=O) groups excluding carboxylic acids is 1. The molecule has 0 aliphatic heterocycles. The minimum atomic E-state index is -0.310. The number of aromatic nitrogens is 4. The van der Waals surface area contributed by atoms with Crippen LogP contribution in [0.4, 0.5) is 5.69 Å². The van der Waals surface area contributed by atoms with E-state index in [2.05, 4.69) is 15.4 Å². The van der Waals surface area contributed by atoms with Gasteiger partial charge in [0.15, 0.2) is 0 Å². The van der Waals surface area contributed by atoms with Crippen molar-refractivity contribution in [2.24, 2.45) is 0 Å². The summed E-state index contributed by atoms with van der Waals surface area (Å²) in [5.41, 5.74) is 4.70. The first-order valence-corrected chi connectivity index (χ1v) is 11.7. The molecule has 7 nitrogen and oxygen atoms in total. The first-order chi connectivity index (χ1) is 16.4. The Morgan fingerprint density at radius 3 is 2.38 bits per heavy atom. The van der Waals surface area contributed by atoms with Crippen molar-refractivity contribution in [1.29, 1.82) is 0 Å². The number of thiophene rings is 1. The maximum atomic E-state index is 13.4. The van der Waals surface area contributed by atoms with E-state index in [0.29, 0.717) is 21.6 Å². The molecule has 0 spiro atoms. The lowest BCUT2D eigenvalue weighted by atomic mass is 10.0. The fourth-order valence-electron chi connectivity index (χ4n) is 4.18. The number of benzene rings is 2. The predicted molar refractivity (Wildman–Crippen MR) is 136 cm³/mol. The van der Waals surface area contributed by atoms with Crippen molar-refractivity contribution in [2.45, 2.75) is 27.3 Å². The van der Waals surface area contributed by atoms with E-state index in [4.69, 9.17) is 0 Å². The molecule has 0 fully saturated rings. The highest BCUT2D eigenvalue weighted by Crippen LogP contribution is 2.35. The maximum absolute atomic E-state index is 13.4. The Balaban J connectivity index is 1.46. The Morgan fingerprint density at radius 2 is 1.68 bits per heavy atom. The smallest absolute Gasteiger partial charge is 0.263 e. The zero-order valence-electron chi connectivity index (χ0n) is 19.1. The van der Waals surface area contributed by atoms with Gasteiger partial charge in [-0.1, -0.05) is 48.5 Å². The topological polar surface area (TPSA) is 81.8 Å². The molecule has 5 rings (SSSR count). The van der Waals surface area contributed by atoms with Crippen molar-refractivity contribution < 1.29 is 4.79 Å². The van der Waals surface area contributed by atoms with Crippen molar-refractivity contribution in [1.82, 2.24) is 19.3 Å². The van der Waals surface area contributed by atoms with Crippen LogP contribution in [0.1, 0.15) is 16.3 Å². The molecule has 0 unspecified atom stereocenters. The number of aryl methyl sites for hydroxylation is 2. The van der Waals surface area contributed by atoms with E-state index in [9.17, 15) is 9.59 Å². The monoisotopic (exact) mass is 469 g/mol. The van der Waals surface area contributed by atoms with Gasteiger partial charge >= 0.3 is 0 Å². The number of nitrogens with zero attached hydrogens (tertiary/aromatic N) is 4. The maximum Gasteiger partial charge on any atom is 0.263 e. The van der Waals surface area contributed by atoms with Crippen molar-refractivity contribution in [3.8, 4) is 16.8 Å². The van der Waals surface area contributed by atoms with Gasteiger partial charge < -0.3 is 5.32 Å². The molecule has 5 aromatic rings. The Bertz CT molecular complexity index is 1570. The summed E-state index contributed by atoms with van der Waals surface area (Å²) >= 11 is 1.49. The average molecular weight is 470 g/mol. The second-order valence-corrected chi connectivity index (χ2v) is 9.30. The van der Waals surface area contributed by atoms with Gasteiger partial charge in [0.2, 0.25) is 5.91 Å². The van der Waals surface area contributed by atoms with Crippen molar-refractivity contribution in [3.05, 3.63) is 93.6 Å². The van der Waals surface area contributed by atoms with Gasteiger partial charge in [0.1, 0.15) is 11.4 Å². The van der Waals surface area contributed by atoms with Crippen LogP contribution in [0.15, 0.2) is 71.8 Å². The number of hydrogen-bond donors (Lipinski definition) is 1. The predicted octanol–water partition coefficient (Wildman–Crippen LogP) is 4.87. The lowest BCUT2D eigenvalue weighted by molar-refractivity contribution is -0.116. The molecule has 0 aliphatic rings. The molecule has 8 heteroatoms. The molecule has 1 N–H and O–H groups in total. The first kappa shape index (κ1) is 21.8. The molecule has 0 bridgehead atoms. The molecule has 0 atom stereocenters. The van der Waals surface area contributed by atoms with E-state index >= 15 is 0 Å². The van der Waals surface area contributed by atoms with Crippen LogP contribution in [0.2, 0.25) is 0 Å². The standard InChI is InChI=1S/C26H23N5O2S/c1-16-24(17(2)31(29-16)20-12-8-5-9-13-20)28-21(32)14-30-15-27-25-23(26(30)33)22(18(3)34-25)19-10-6-4-7-11-19/h4-13,15H,14H2,1-3H3,(H,28,32). The number of rotatable bonds is 5. The molecule has 0 saturated heterocycles. The molecule has 3 aromatic heterocycles. The van der Waals surface area contributed by atoms with Crippen LogP contribution >= 0.6 is 11.3 Å². The summed E-state index contributed by atoms with van der Waals surface area (Å²) in [5.74, 6) is -0.310. The summed E-state index contributed by atoms with van der Waals surface area (Å²) in [6.07, 6.45) is 1.45. The zero-order valence-corrected chi connectivity index (χ0v) is 19.9. The normalized spacial score (nSPS) is 11.1. The SMILES string of the molecule is Cc1nn(-c2ccccc2)c(C)c1NC(=O)Cn1cnc2sc(C)c(-c3ccccc3)c2c1=O. The average Bonchev–Trinajstić information content (AvgIpc) is 3.33. The van der Waals surface area contributed by atoms with E-state index in [1.807, 2.05) is 81.4 Å². The number of amides is 1. The quantitative estimate of drug-likeness (QED) is 0.398. The van der Waals surface area contributed by atoms with Gasteiger partial charge in [-0.2, -0.15) is 5.10 Å².